The Kier molecular flexibility index (Phi) is 4.47. The summed E-state index contributed by atoms with van der Waals surface area (Å²) < 4.78 is 0. The molecule has 0 spiro atoms. The summed E-state index contributed by atoms with van der Waals surface area (Å²) in [7, 11) is 0. The zero-order valence-electron chi connectivity index (χ0n) is 6.63. The Morgan fingerprint density at radius 2 is 1.79 bits per heavy atom. The van der Waals surface area contributed by atoms with Crippen molar-refractivity contribution in [2.75, 3.05) is 0 Å². The second kappa shape index (κ2) is 4.99. The largest absolute Gasteiger partial charge is 0.256 e. The van der Waals surface area contributed by atoms with Crippen LogP contribution in [0, 0.1) is 6.07 Å². The van der Waals surface area contributed by atoms with Gasteiger partial charge in [0.1, 0.15) is 0 Å². The van der Waals surface area contributed by atoms with Crippen LogP contribution in [-0.4, -0.2) is 15.0 Å². The Labute approximate surface area is 120 Å². The van der Waals surface area contributed by atoms with Gasteiger partial charge in [0.2, 0.25) is 5.28 Å². The van der Waals surface area contributed by atoms with Gasteiger partial charge < -0.3 is 0 Å². The minimum atomic E-state index is 0. The molecule has 0 aliphatic carbocycles. The molecule has 0 aliphatic rings. The fourth-order valence-electron chi connectivity index (χ4n) is 0.872. The van der Waals surface area contributed by atoms with E-state index in [2.05, 4.69) is 21.0 Å². The third kappa shape index (κ3) is 2.53. The van der Waals surface area contributed by atoms with Gasteiger partial charge in [-0.15, -0.1) is 0 Å². The van der Waals surface area contributed by atoms with Gasteiger partial charge in [-0.1, -0.05) is 28.6 Å². The smallest absolute Gasteiger partial charge is 0.222 e. The molecule has 2 heterocycles. The molecule has 0 aromatic carbocycles. The van der Waals surface area contributed by atoms with E-state index in [1.807, 2.05) is 0 Å². The van der Waals surface area contributed by atoms with Crippen LogP contribution in [0.1, 0.15) is 0 Å². The first kappa shape index (κ1) is 12.5. The van der Waals surface area contributed by atoms with E-state index < -0.39 is 0 Å². The summed E-state index contributed by atoms with van der Waals surface area (Å²) in [6, 6.07) is 4.25. The van der Waals surface area contributed by atoms with E-state index in [4.69, 9.17) is 34.8 Å². The van der Waals surface area contributed by atoms with Crippen molar-refractivity contribution in [1.82, 2.24) is 15.0 Å². The molecule has 0 bridgehead atoms. The second-order valence-corrected chi connectivity index (χ2v) is 3.27. The maximum atomic E-state index is 5.78. The van der Waals surface area contributed by atoms with Crippen molar-refractivity contribution in [3.8, 4) is 0 Å². The number of hydrogen-bond donors (Lipinski definition) is 0. The molecule has 0 unspecified atom stereocenters. The fraction of sp³-hybridized carbons (Fsp3) is 0. The van der Waals surface area contributed by atoms with Crippen molar-refractivity contribution in [2.24, 2.45) is 0 Å². The first-order valence-electron chi connectivity index (χ1n) is 3.24. The van der Waals surface area contributed by atoms with Crippen LogP contribution in [0.25, 0.3) is 11.0 Å². The summed E-state index contributed by atoms with van der Waals surface area (Å²) in [5.41, 5.74) is 0.369. The first-order chi connectivity index (χ1) is 6.16. The normalized spacial score (nSPS) is 9.93. The second-order valence-electron chi connectivity index (χ2n) is 2.21. The van der Waals surface area contributed by atoms with Gasteiger partial charge >= 0.3 is 0 Å². The number of halogens is 3. The van der Waals surface area contributed by atoms with Crippen LogP contribution in [0.5, 0.6) is 0 Å². The van der Waals surface area contributed by atoms with Gasteiger partial charge in [-0.25, -0.2) is 22.1 Å². The molecule has 0 aliphatic heterocycles. The minimum absolute atomic E-state index is 0. The van der Waals surface area contributed by atoms with Gasteiger partial charge in [0.15, 0.2) is 0 Å². The topological polar surface area (TPSA) is 38.7 Å². The van der Waals surface area contributed by atoms with Crippen LogP contribution in [0.3, 0.4) is 0 Å². The zero-order valence-corrected chi connectivity index (χ0v) is 11.7. The Morgan fingerprint density at radius 1 is 1.07 bits per heavy atom. The molecule has 1 radical (unpaired) electrons. The van der Waals surface area contributed by atoms with E-state index in [0.717, 1.165) is 0 Å². The summed E-state index contributed by atoms with van der Waals surface area (Å²) in [5.74, 6) is 0. The van der Waals surface area contributed by atoms with Gasteiger partial charge in [-0.2, -0.15) is 0 Å². The summed E-state index contributed by atoms with van der Waals surface area (Å²) in [6.45, 7) is 0. The molecule has 0 N–H and O–H groups in total. The average Bonchev–Trinajstić information content (AvgIpc) is 2.02. The molecule has 0 amide bonds. The molecular weight excluding hydrogens is 321 g/mol. The van der Waals surface area contributed by atoms with Crippen molar-refractivity contribution < 1.29 is 32.7 Å². The summed E-state index contributed by atoms with van der Waals surface area (Å²) in [4.78, 5) is 11.5. The van der Waals surface area contributed by atoms with Crippen LogP contribution in [0.2, 0.25) is 15.6 Å². The molecule has 0 atom stereocenters. The Balaban J connectivity index is 0.000000980. The van der Waals surface area contributed by atoms with Gasteiger partial charge in [0.25, 0.3) is 0 Å². The third-order valence-electron chi connectivity index (χ3n) is 1.39. The van der Waals surface area contributed by atoms with Crippen LogP contribution >= 0.6 is 34.8 Å². The van der Waals surface area contributed by atoms with Crippen LogP contribution in [-0.2, 0) is 32.7 Å². The van der Waals surface area contributed by atoms with E-state index in [-0.39, 0.29) is 48.3 Å². The van der Waals surface area contributed by atoms with Crippen molar-refractivity contribution in [2.45, 2.75) is 0 Å². The molecule has 0 saturated carbocycles. The molecule has 2 aromatic heterocycles. The van der Waals surface area contributed by atoms with Crippen molar-refractivity contribution in [1.29, 1.82) is 0 Å². The van der Waals surface area contributed by atoms with Gasteiger partial charge in [0, 0.05) is 37.9 Å². The van der Waals surface area contributed by atoms with E-state index in [1.54, 1.807) is 6.07 Å². The number of rotatable bonds is 0. The first-order valence-corrected chi connectivity index (χ1v) is 4.37. The molecule has 0 saturated heterocycles. The zero-order chi connectivity index (χ0) is 9.42. The monoisotopic (exact) mass is 321 g/mol. The summed E-state index contributed by atoms with van der Waals surface area (Å²) in [6.07, 6.45) is 0. The van der Waals surface area contributed by atoms with E-state index in [9.17, 15) is 0 Å². The number of hydrogen-bond acceptors (Lipinski definition) is 3. The SMILES string of the molecule is Clc1[c-]cc2c(Cl)nc(Cl)nc2n1.[Y]. The van der Waals surface area contributed by atoms with E-state index in [0.29, 0.717) is 11.0 Å². The maximum Gasteiger partial charge on any atom is 0.222 e. The standard InChI is InChI=1S/C7HCl3N3.Y/c8-4-2-1-3-5(9)12-7(10)13-6(3)11-4;/h1H;/q-1;. The number of aromatic nitrogens is 3. The molecule has 7 heteroatoms. The Bertz CT molecular complexity index is 472. The fourth-order valence-corrected chi connectivity index (χ4v) is 1.43. The molecule has 69 valence electrons. The third-order valence-corrected chi connectivity index (χ3v) is 2.04. The number of nitrogens with zero attached hydrogens (tertiary/aromatic N) is 3. The van der Waals surface area contributed by atoms with E-state index in [1.165, 1.54) is 0 Å². The Morgan fingerprint density at radius 3 is 2.50 bits per heavy atom. The predicted octanol–water partition coefficient (Wildman–Crippen LogP) is 2.78. The van der Waals surface area contributed by atoms with Crippen molar-refractivity contribution in [3.63, 3.8) is 0 Å². The molecule has 2 rings (SSSR count). The van der Waals surface area contributed by atoms with Crippen LogP contribution < -0.4 is 0 Å². The Hall–Kier alpha value is 0.464. The molecule has 3 nitrogen and oxygen atoms in total. The minimum Gasteiger partial charge on any atom is -0.256 e. The van der Waals surface area contributed by atoms with Crippen LogP contribution in [0.15, 0.2) is 6.07 Å². The van der Waals surface area contributed by atoms with Gasteiger partial charge in [0.05, 0.1) is 10.8 Å². The maximum absolute atomic E-state index is 5.78. The van der Waals surface area contributed by atoms with Crippen LogP contribution in [0.4, 0.5) is 0 Å². The molecule has 0 fully saturated rings. The number of fused-ring (bicyclic) bond motifs is 1. The van der Waals surface area contributed by atoms with Crippen molar-refractivity contribution >= 4 is 45.8 Å². The predicted molar refractivity (Wildman–Crippen MR) is 51.2 cm³/mol. The summed E-state index contributed by atoms with van der Waals surface area (Å²) in [5, 5.41) is 1.09. The van der Waals surface area contributed by atoms with Crippen molar-refractivity contribution in [3.05, 3.63) is 27.7 Å². The van der Waals surface area contributed by atoms with Gasteiger partial charge in [-0.3, -0.25) is 4.98 Å². The number of pyridine rings is 1. The molecular formula is C7HCl3N3Y-. The average molecular weight is 322 g/mol. The summed E-state index contributed by atoms with van der Waals surface area (Å²) >= 11 is 17.0. The van der Waals surface area contributed by atoms with E-state index >= 15 is 0 Å². The van der Waals surface area contributed by atoms with Gasteiger partial charge in [-0.05, 0) is 11.6 Å². The quantitative estimate of drug-likeness (QED) is 0.324. The molecule has 14 heavy (non-hydrogen) atoms. The molecule has 2 aromatic rings.